The Hall–Kier alpha value is -0.830. The predicted molar refractivity (Wildman–Crippen MR) is 53.3 cm³/mol. The van der Waals surface area contributed by atoms with Gasteiger partial charge in [0.05, 0.1) is 0 Å². The van der Waals surface area contributed by atoms with Crippen LogP contribution < -0.4 is 0 Å². The zero-order chi connectivity index (χ0) is 10.4. The summed E-state index contributed by atoms with van der Waals surface area (Å²) in [6.07, 6.45) is 1.29. The highest BCUT2D eigenvalue weighted by Gasteiger charge is 2.15. The minimum absolute atomic E-state index is 0.143. The molecule has 0 aromatic heterocycles. The van der Waals surface area contributed by atoms with Gasteiger partial charge in [0.1, 0.15) is 0 Å². The molecule has 1 atom stereocenters. The summed E-state index contributed by atoms with van der Waals surface area (Å²) in [5.74, 6) is -0.289. The fourth-order valence-corrected chi connectivity index (χ4v) is 0.905. The van der Waals surface area contributed by atoms with Crippen LogP contribution in [-0.2, 0) is 9.53 Å². The number of esters is 1. The third-order valence-corrected chi connectivity index (χ3v) is 1.88. The first kappa shape index (κ1) is 12.2. The fraction of sp³-hybridized carbons (Fsp3) is 0.700. The topological polar surface area (TPSA) is 29.5 Å². The Morgan fingerprint density at radius 2 is 2.00 bits per heavy atom. The maximum absolute atomic E-state index is 11.3. The van der Waals surface area contributed by atoms with Crippen LogP contribution in [0.1, 0.15) is 26.7 Å². The van der Waals surface area contributed by atoms with Crippen LogP contribution in [0.2, 0.25) is 0 Å². The second kappa shape index (κ2) is 5.75. The number of hydrogen-bond acceptors (Lipinski definition) is 3. The van der Waals surface area contributed by atoms with Gasteiger partial charge < -0.3 is 4.74 Å². The minimum Gasteiger partial charge on any atom is -0.443 e. The first-order valence-electron chi connectivity index (χ1n) is 4.58. The highest BCUT2D eigenvalue weighted by molar-refractivity contribution is 5.87. The average Bonchev–Trinajstić information content (AvgIpc) is 2.11. The number of hydrogen-bond donors (Lipinski definition) is 0. The van der Waals surface area contributed by atoms with Crippen molar-refractivity contribution >= 4 is 5.97 Å². The lowest BCUT2D eigenvalue weighted by atomic mass is 10.2. The van der Waals surface area contributed by atoms with Gasteiger partial charge in [0.25, 0.3) is 0 Å². The SMILES string of the molecule is C=C(CC)C(=O)OC(CC)N(C)C. The molecule has 0 saturated heterocycles. The molecule has 76 valence electrons. The highest BCUT2D eigenvalue weighted by atomic mass is 16.6. The lowest BCUT2D eigenvalue weighted by molar-refractivity contribution is -0.152. The van der Waals surface area contributed by atoms with Crippen LogP contribution in [0, 0.1) is 0 Å². The quantitative estimate of drug-likeness (QED) is 0.371. The summed E-state index contributed by atoms with van der Waals surface area (Å²) in [7, 11) is 3.77. The van der Waals surface area contributed by atoms with Crippen LogP contribution in [0.5, 0.6) is 0 Å². The molecule has 3 heteroatoms. The normalized spacial score (nSPS) is 12.7. The molecule has 3 nitrogen and oxygen atoms in total. The van der Waals surface area contributed by atoms with E-state index in [0.717, 1.165) is 6.42 Å². The van der Waals surface area contributed by atoms with Crippen molar-refractivity contribution in [1.82, 2.24) is 4.90 Å². The van der Waals surface area contributed by atoms with E-state index in [-0.39, 0.29) is 12.2 Å². The second-order valence-corrected chi connectivity index (χ2v) is 3.19. The van der Waals surface area contributed by atoms with Gasteiger partial charge in [-0.25, -0.2) is 4.79 Å². The third kappa shape index (κ3) is 4.08. The molecule has 0 aliphatic heterocycles. The van der Waals surface area contributed by atoms with Crippen molar-refractivity contribution in [2.45, 2.75) is 32.9 Å². The van der Waals surface area contributed by atoms with Gasteiger partial charge in [-0.2, -0.15) is 0 Å². The molecule has 0 fully saturated rings. The van der Waals surface area contributed by atoms with Crippen LogP contribution in [0.4, 0.5) is 0 Å². The van der Waals surface area contributed by atoms with E-state index in [4.69, 9.17) is 4.74 Å². The van der Waals surface area contributed by atoms with E-state index < -0.39 is 0 Å². The van der Waals surface area contributed by atoms with E-state index in [1.807, 2.05) is 32.8 Å². The van der Waals surface area contributed by atoms with E-state index in [2.05, 4.69) is 6.58 Å². The smallest absolute Gasteiger partial charge is 0.334 e. The summed E-state index contributed by atoms with van der Waals surface area (Å²) in [6.45, 7) is 7.49. The van der Waals surface area contributed by atoms with Crippen molar-refractivity contribution in [3.05, 3.63) is 12.2 Å². The Kier molecular flexibility index (Phi) is 5.39. The van der Waals surface area contributed by atoms with Crippen molar-refractivity contribution in [3.8, 4) is 0 Å². The molecule has 0 radical (unpaired) electrons. The van der Waals surface area contributed by atoms with Crippen molar-refractivity contribution in [2.24, 2.45) is 0 Å². The van der Waals surface area contributed by atoms with Gasteiger partial charge >= 0.3 is 5.97 Å². The molecular weight excluding hydrogens is 166 g/mol. The molecule has 1 unspecified atom stereocenters. The monoisotopic (exact) mass is 185 g/mol. The number of carbonyl (C=O) groups excluding carboxylic acids is 1. The van der Waals surface area contributed by atoms with E-state index in [0.29, 0.717) is 12.0 Å². The van der Waals surface area contributed by atoms with Gasteiger partial charge in [0.2, 0.25) is 0 Å². The van der Waals surface area contributed by atoms with Crippen LogP contribution in [0.15, 0.2) is 12.2 Å². The Morgan fingerprint density at radius 1 is 1.46 bits per heavy atom. The molecule has 0 saturated carbocycles. The largest absolute Gasteiger partial charge is 0.443 e. The number of ether oxygens (including phenoxy) is 1. The molecule has 0 aliphatic carbocycles. The summed E-state index contributed by atoms with van der Waals surface area (Å²) in [4.78, 5) is 13.2. The molecule has 0 aromatic carbocycles. The van der Waals surface area contributed by atoms with Crippen molar-refractivity contribution < 1.29 is 9.53 Å². The van der Waals surface area contributed by atoms with Gasteiger partial charge in [0, 0.05) is 5.57 Å². The number of nitrogens with zero attached hydrogens (tertiary/aromatic N) is 1. The Morgan fingerprint density at radius 3 is 2.31 bits per heavy atom. The molecule has 0 aromatic rings. The summed E-state index contributed by atoms with van der Waals surface area (Å²) in [5.41, 5.74) is 0.528. The van der Waals surface area contributed by atoms with E-state index in [1.165, 1.54) is 0 Å². The maximum Gasteiger partial charge on any atom is 0.334 e. The lowest BCUT2D eigenvalue weighted by Crippen LogP contribution is -2.32. The molecule has 0 spiro atoms. The minimum atomic E-state index is -0.289. The van der Waals surface area contributed by atoms with Gasteiger partial charge in [-0.3, -0.25) is 4.90 Å². The maximum atomic E-state index is 11.3. The molecule has 0 rings (SSSR count). The average molecular weight is 185 g/mol. The first-order valence-corrected chi connectivity index (χ1v) is 4.58. The van der Waals surface area contributed by atoms with Crippen molar-refractivity contribution in [1.29, 1.82) is 0 Å². The molecule has 0 N–H and O–H groups in total. The lowest BCUT2D eigenvalue weighted by Gasteiger charge is -2.22. The fourth-order valence-electron chi connectivity index (χ4n) is 0.905. The van der Waals surface area contributed by atoms with E-state index in [1.54, 1.807) is 0 Å². The van der Waals surface area contributed by atoms with Crippen LogP contribution in [0.3, 0.4) is 0 Å². The predicted octanol–water partition coefficient (Wildman–Crippen LogP) is 1.79. The standard InChI is InChI=1S/C10H19NO2/c1-6-8(3)10(12)13-9(7-2)11(4)5/h9H,3,6-7H2,1-2,4-5H3. The molecule has 13 heavy (non-hydrogen) atoms. The van der Waals surface area contributed by atoms with Crippen LogP contribution >= 0.6 is 0 Å². The third-order valence-electron chi connectivity index (χ3n) is 1.88. The zero-order valence-electron chi connectivity index (χ0n) is 8.96. The highest BCUT2D eigenvalue weighted by Crippen LogP contribution is 2.06. The molecule has 0 heterocycles. The first-order chi connectivity index (χ1) is 6.02. The van der Waals surface area contributed by atoms with Crippen LogP contribution in [0.25, 0.3) is 0 Å². The van der Waals surface area contributed by atoms with E-state index in [9.17, 15) is 4.79 Å². The molecule has 0 amide bonds. The zero-order valence-corrected chi connectivity index (χ0v) is 8.96. The Bertz CT molecular complexity index is 187. The summed E-state index contributed by atoms with van der Waals surface area (Å²) in [5, 5.41) is 0. The molecule has 0 aliphatic rings. The Balaban J connectivity index is 4.09. The summed E-state index contributed by atoms with van der Waals surface area (Å²) in [6, 6.07) is 0. The molecular formula is C10H19NO2. The van der Waals surface area contributed by atoms with Gasteiger partial charge in [-0.1, -0.05) is 20.4 Å². The van der Waals surface area contributed by atoms with E-state index >= 15 is 0 Å². The van der Waals surface area contributed by atoms with Gasteiger partial charge in [-0.15, -0.1) is 0 Å². The van der Waals surface area contributed by atoms with Gasteiger partial charge in [0.15, 0.2) is 6.23 Å². The van der Waals surface area contributed by atoms with Crippen molar-refractivity contribution in [2.75, 3.05) is 14.1 Å². The Labute approximate surface area is 80.4 Å². The second-order valence-electron chi connectivity index (χ2n) is 3.19. The van der Waals surface area contributed by atoms with Crippen molar-refractivity contribution in [3.63, 3.8) is 0 Å². The van der Waals surface area contributed by atoms with Crippen LogP contribution in [-0.4, -0.2) is 31.2 Å². The number of carbonyl (C=O) groups is 1. The molecule has 0 bridgehead atoms. The number of rotatable bonds is 5. The van der Waals surface area contributed by atoms with Gasteiger partial charge in [-0.05, 0) is 26.9 Å². The summed E-state index contributed by atoms with van der Waals surface area (Å²) >= 11 is 0. The summed E-state index contributed by atoms with van der Waals surface area (Å²) < 4.78 is 5.20.